The maximum absolute atomic E-state index is 12.5. The van der Waals surface area contributed by atoms with Gasteiger partial charge in [-0.2, -0.15) is 0 Å². The summed E-state index contributed by atoms with van der Waals surface area (Å²) in [4.78, 5) is 12.5. The van der Waals surface area contributed by atoms with Gasteiger partial charge in [0.2, 0.25) is 5.91 Å². The second-order valence-electron chi connectivity index (χ2n) is 5.13. The van der Waals surface area contributed by atoms with E-state index in [9.17, 15) is 4.79 Å². The van der Waals surface area contributed by atoms with Gasteiger partial charge in [0.05, 0.1) is 25.1 Å². The molecular weight excluding hydrogens is 328 g/mol. The number of rotatable bonds is 7. The monoisotopic (exact) mass is 348 g/mol. The largest absolute Gasteiger partial charge is 0.495 e. The molecule has 0 radical (unpaired) electrons. The van der Waals surface area contributed by atoms with Crippen LogP contribution in [0.1, 0.15) is 13.8 Å². The number of nitrogens with one attached hydrogen (secondary N) is 2. The standard InChI is InChI=1S/C18H21ClN2O3/c1-4-24-17-8-6-5-7-14(17)20-12(2)18(22)21-15-11-13(19)9-10-16(15)23-3/h5-12,20H,4H2,1-3H3,(H,21,22). The van der Waals surface area contributed by atoms with Crippen molar-refractivity contribution in [3.8, 4) is 11.5 Å². The summed E-state index contributed by atoms with van der Waals surface area (Å²) in [5.74, 6) is 1.05. The normalized spacial score (nSPS) is 11.5. The van der Waals surface area contributed by atoms with Crippen molar-refractivity contribution in [2.75, 3.05) is 24.4 Å². The van der Waals surface area contributed by atoms with Crippen molar-refractivity contribution >= 4 is 28.9 Å². The molecule has 0 saturated carbocycles. The van der Waals surface area contributed by atoms with Gasteiger partial charge in [0.25, 0.3) is 0 Å². The lowest BCUT2D eigenvalue weighted by Crippen LogP contribution is -2.32. The van der Waals surface area contributed by atoms with Crippen molar-refractivity contribution in [3.05, 3.63) is 47.5 Å². The number of benzene rings is 2. The quantitative estimate of drug-likeness (QED) is 0.787. The molecule has 1 unspecified atom stereocenters. The third-order valence-electron chi connectivity index (χ3n) is 3.37. The summed E-state index contributed by atoms with van der Waals surface area (Å²) < 4.78 is 10.8. The molecule has 6 heteroatoms. The van der Waals surface area contributed by atoms with Gasteiger partial charge < -0.3 is 20.1 Å². The summed E-state index contributed by atoms with van der Waals surface area (Å²) in [5.41, 5.74) is 1.29. The zero-order valence-electron chi connectivity index (χ0n) is 13.9. The highest BCUT2D eigenvalue weighted by molar-refractivity contribution is 6.31. The number of amides is 1. The van der Waals surface area contributed by atoms with Gasteiger partial charge in [-0.05, 0) is 44.2 Å². The zero-order valence-corrected chi connectivity index (χ0v) is 14.7. The van der Waals surface area contributed by atoms with Gasteiger partial charge in [-0.25, -0.2) is 0 Å². The summed E-state index contributed by atoms with van der Waals surface area (Å²) >= 11 is 5.98. The molecule has 0 aliphatic rings. The van der Waals surface area contributed by atoms with E-state index in [1.165, 1.54) is 0 Å². The third kappa shape index (κ3) is 4.55. The highest BCUT2D eigenvalue weighted by Crippen LogP contribution is 2.28. The van der Waals surface area contributed by atoms with E-state index in [2.05, 4.69) is 10.6 Å². The minimum atomic E-state index is -0.477. The van der Waals surface area contributed by atoms with Gasteiger partial charge in [0, 0.05) is 5.02 Å². The van der Waals surface area contributed by atoms with Gasteiger partial charge in [-0.1, -0.05) is 23.7 Å². The number of anilines is 2. The Kier molecular flexibility index (Phi) is 6.32. The van der Waals surface area contributed by atoms with Crippen molar-refractivity contribution in [2.24, 2.45) is 0 Å². The van der Waals surface area contributed by atoms with Crippen LogP contribution in [0, 0.1) is 0 Å². The van der Waals surface area contributed by atoms with E-state index in [0.717, 1.165) is 5.69 Å². The smallest absolute Gasteiger partial charge is 0.246 e. The first-order valence-corrected chi connectivity index (χ1v) is 8.05. The van der Waals surface area contributed by atoms with Crippen LogP contribution in [0.25, 0.3) is 0 Å². The van der Waals surface area contributed by atoms with Gasteiger partial charge >= 0.3 is 0 Å². The number of halogens is 1. The van der Waals surface area contributed by atoms with E-state index in [0.29, 0.717) is 28.8 Å². The molecule has 1 amide bonds. The van der Waals surface area contributed by atoms with Gasteiger partial charge in [-0.15, -0.1) is 0 Å². The van der Waals surface area contributed by atoms with Crippen LogP contribution in [0.3, 0.4) is 0 Å². The first-order valence-electron chi connectivity index (χ1n) is 7.68. The van der Waals surface area contributed by atoms with Crippen molar-refractivity contribution in [3.63, 3.8) is 0 Å². The van der Waals surface area contributed by atoms with Crippen molar-refractivity contribution in [2.45, 2.75) is 19.9 Å². The van der Waals surface area contributed by atoms with E-state index in [1.54, 1.807) is 32.2 Å². The number of methoxy groups -OCH3 is 1. The number of hydrogen-bond donors (Lipinski definition) is 2. The first-order chi connectivity index (χ1) is 11.5. The Morgan fingerprint density at radius 2 is 1.92 bits per heavy atom. The van der Waals surface area contributed by atoms with E-state index >= 15 is 0 Å². The van der Waals surface area contributed by atoms with Crippen LogP contribution in [-0.2, 0) is 4.79 Å². The number of ether oxygens (including phenoxy) is 2. The van der Waals surface area contributed by atoms with Crippen LogP contribution < -0.4 is 20.1 Å². The predicted molar refractivity (Wildman–Crippen MR) is 97.3 cm³/mol. The van der Waals surface area contributed by atoms with Crippen molar-refractivity contribution in [1.82, 2.24) is 0 Å². The second kappa shape index (κ2) is 8.45. The molecule has 5 nitrogen and oxygen atoms in total. The molecule has 0 saturated heterocycles. The predicted octanol–water partition coefficient (Wildman–Crippen LogP) is 4.19. The fourth-order valence-corrected chi connectivity index (χ4v) is 2.36. The molecule has 128 valence electrons. The summed E-state index contributed by atoms with van der Waals surface area (Å²) in [6, 6.07) is 12.1. The minimum Gasteiger partial charge on any atom is -0.495 e. The highest BCUT2D eigenvalue weighted by atomic mass is 35.5. The molecule has 0 spiro atoms. The highest BCUT2D eigenvalue weighted by Gasteiger charge is 2.16. The lowest BCUT2D eigenvalue weighted by molar-refractivity contribution is -0.116. The Balaban J connectivity index is 2.09. The molecule has 0 aliphatic carbocycles. The molecule has 0 heterocycles. The average molecular weight is 349 g/mol. The summed E-state index contributed by atoms with van der Waals surface area (Å²) in [5, 5.41) is 6.50. The molecule has 0 fully saturated rings. The second-order valence-corrected chi connectivity index (χ2v) is 5.57. The Labute approximate surface area is 146 Å². The Bertz CT molecular complexity index is 706. The Hall–Kier alpha value is -2.40. The molecule has 2 rings (SSSR count). The molecule has 1 atom stereocenters. The van der Waals surface area contributed by atoms with Crippen LogP contribution in [-0.4, -0.2) is 25.7 Å². The van der Waals surface area contributed by atoms with Crippen LogP contribution in [0.15, 0.2) is 42.5 Å². The van der Waals surface area contributed by atoms with Crippen molar-refractivity contribution in [1.29, 1.82) is 0 Å². The van der Waals surface area contributed by atoms with E-state index < -0.39 is 6.04 Å². The lowest BCUT2D eigenvalue weighted by atomic mass is 10.2. The maximum atomic E-state index is 12.5. The third-order valence-corrected chi connectivity index (χ3v) is 3.61. The molecule has 2 aromatic carbocycles. The molecule has 0 aliphatic heterocycles. The Morgan fingerprint density at radius 3 is 2.62 bits per heavy atom. The van der Waals surface area contributed by atoms with Gasteiger partial charge in [0.1, 0.15) is 17.5 Å². The summed E-state index contributed by atoms with van der Waals surface area (Å²) in [6.45, 7) is 4.24. The van der Waals surface area contributed by atoms with Gasteiger partial charge in [0.15, 0.2) is 0 Å². The molecule has 0 bridgehead atoms. The Morgan fingerprint density at radius 1 is 1.17 bits per heavy atom. The van der Waals surface area contributed by atoms with E-state index in [4.69, 9.17) is 21.1 Å². The maximum Gasteiger partial charge on any atom is 0.246 e. The molecular formula is C18H21ClN2O3. The lowest BCUT2D eigenvalue weighted by Gasteiger charge is -2.18. The summed E-state index contributed by atoms with van der Waals surface area (Å²) in [6.07, 6.45) is 0. The fraction of sp³-hybridized carbons (Fsp3) is 0.278. The first kappa shape index (κ1) is 17.9. The van der Waals surface area contributed by atoms with Crippen LogP contribution in [0.2, 0.25) is 5.02 Å². The number of carbonyl (C=O) groups excluding carboxylic acids is 1. The molecule has 2 N–H and O–H groups in total. The minimum absolute atomic E-state index is 0.207. The SMILES string of the molecule is CCOc1ccccc1NC(C)C(=O)Nc1cc(Cl)ccc1OC. The van der Waals surface area contributed by atoms with Crippen LogP contribution >= 0.6 is 11.6 Å². The molecule has 24 heavy (non-hydrogen) atoms. The molecule has 2 aromatic rings. The molecule has 0 aromatic heterocycles. The van der Waals surface area contributed by atoms with E-state index in [-0.39, 0.29) is 5.91 Å². The topological polar surface area (TPSA) is 59.6 Å². The van der Waals surface area contributed by atoms with Crippen LogP contribution in [0.4, 0.5) is 11.4 Å². The zero-order chi connectivity index (χ0) is 17.5. The average Bonchev–Trinajstić information content (AvgIpc) is 2.57. The fourth-order valence-electron chi connectivity index (χ4n) is 2.18. The van der Waals surface area contributed by atoms with E-state index in [1.807, 2.05) is 31.2 Å². The number of carbonyl (C=O) groups is 1. The number of para-hydroxylation sites is 2. The van der Waals surface area contributed by atoms with Crippen molar-refractivity contribution < 1.29 is 14.3 Å². The summed E-state index contributed by atoms with van der Waals surface area (Å²) in [7, 11) is 1.54. The van der Waals surface area contributed by atoms with Gasteiger partial charge in [-0.3, -0.25) is 4.79 Å². The van der Waals surface area contributed by atoms with Crippen LogP contribution in [0.5, 0.6) is 11.5 Å². The number of hydrogen-bond acceptors (Lipinski definition) is 4.